The molecule has 0 unspecified atom stereocenters. The van der Waals surface area contributed by atoms with E-state index in [-0.39, 0.29) is 0 Å². The largest absolute Gasteiger partial charge is 0.385 e. The summed E-state index contributed by atoms with van der Waals surface area (Å²) in [5.74, 6) is 1.94. The van der Waals surface area contributed by atoms with Crippen molar-refractivity contribution in [2.24, 2.45) is 17.8 Å². The summed E-state index contributed by atoms with van der Waals surface area (Å²) in [6.45, 7) is 9.93. The van der Waals surface area contributed by atoms with E-state index in [0.29, 0.717) is 23.4 Å². The van der Waals surface area contributed by atoms with Gasteiger partial charge in [0.25, 0.3) is 0 Å². The Morgan fingerprint density at radius 3 is 2.47 bits per heavy atom. The minimum Gasteiger partial charge on any atom is -0.385 e. The van der Waals surface area contributed by atoms with Gasteiger partial charge in [-0.3, -0.25) is 0 Å². The maximum Gasteiger partial charge on any atom is 0.142 e. The van der Waals surface area contributed by atoms with Gasteiger partial charge in [0.2, 0.25) is 0 Å². The van der Waals surface area contributed by atoms with Gasteiger partial charge in [-0.25, -0.2) is 4.98 Å². The summed E-state index contributed by atoms with van der Waals surface area (Å²) < 4.78 is 0. The number of hydrogen-bond acceptors (Lipinski definition) is 3. The van der Waals surface area contributed by atoms with Crippen LogP contribution in [0.25, 0.3) is 0 Å². The number of anilines is 1. The number of nitriles is 1. The number of hydrogen-bond donors (Lipinski definition) is 1. The third-order valence-electron chi connectivity index (χ3n) is 3.13. The van der Waals surface area contributed by atoms with Crippen molar-refractivity contribution in [3.63, 3.8) is 0 Å². The average Bonchev–Trinajstić information content (AvgIpc) is 2.28. The number of pyridine rings is 1. The van der Waals surface area contributed by atoms with Gasteiger partial charge >= 0.3 is 0 Å². The molecular weight excluding hydrogens is 210 g/mol. The van der Waals surface area contributed by atoms with Crippen LogP contribution in [-0.2, 0) is 0 Å². The standard InChI is InChI=1S/C14H21N3/c1-10(2)14(11(3)4)9-17-12-5-6-16-13(7-12)8-15/h5-7,10-11,14H,9H2,1-4H3,(H,16,17). The van der Waals surface area contributed by atoms with E-state index in [1.165, 1.54) is 0 Å². The van der Waals surface area contributed by atoms with Crippen molar-refractivity contribution in [2.45, 2.75) is 27.7 Å². The summed E-state index contributed by atoms with van der Waals surface area (Å²) in [4.78, 5) is 3.95. The van der Waals surface area contributed by atoms with Crippen molar-refractivity contribution >= 4 is 5.69 Å². The van der Waals surface area contributed by atoms with E-state index in [4.69, 9.17) is 5.26 Å². The molecule has 1 aromatic heterocycles. The second-order valence-corrected chi connectivity index (χ2v) is 5.07. The lowest BCUT2D eigenvalue weighted by Gasteiger charge is -2.25. The van der Waals surface area contributed by atoms with E-state index in [2.05, 4.69) is 38.0 Å². The van der Waals surface area contributed by atoms with Gasteiger partial charge in [-0.15, -0.1) is 0 Å². The molecule has 3 heteroatoms. The lowest BCUT2D eigenvalue weighted by molar-refractivity contribution is 0.304. The van der Waals surface area contributed by atoms with E-state index < -0.39 is 0 Å². The highest BCUT2D eigenvalue weighted by atomic mass is 14.9. The minimum absolute atomic E-state index is 0.459. The van der Waals surface area contributed by atoms with Crippen LogP contribution >= 0.6 is 0 Å². The van der Waals surface area contributed by atoms with E-state index in [1.54, 1.807) is 12.3 Å². The smallest absolute Gasteiger partial charge is 0.142 e. The quantitative estimate of drug-likeness (QED) is 0.846. The molecule has 0 aromatic carbocycles. The molecule has 0 aliphatic heterocycles. The Morgan fingerprint density at radius 1 is 1.29 bits per heavy atom. The fourth-order valence-electron chi connectivity index (χ4n) is 2.08. The van der Waals surface area contributed by atoms with Gasteiger partial charge < -0.3 is 5.32 Å². The molecule has 1 N–H and O–H groups in total. The van der Waals surface area contributed by atoms with Gasteiger partial charge in [-0.2, -0.15) is 5.26 Å². The highest BCUT2D eigenvalue weighted by Crippen LogP contribution is 2.21. The van der Waals surface area contributed by atoms with Crippen LogP contribution in [0.2, 0.25) is 0 Å². The van der Waals surface area contributed by atoms with Crippen molar-refractivity contribution in [3.8, 4) is 6.07 Å². The van der Waals surface area contributed by atoms with Gasteiger partial charge in [-0.1, -0.05) is 27.7 Å². The molecule has 1 heterocycles. The summed E-state index contributed by atoms with van der Waals surface area (Å²) >= 11 is 0. The van der Waals surface area contributed by atoms with E-state index in [1.807, 2.05) is 12.1 Å². The zero-order valence-electron chi connectivity index (χ0n) is 11.1. The van der Waals surface area contributed by atoms with Crippen molar-refractivity contribution < 1.29 is 0 Å². The monoisotopic (exact) mass is 231 g/mol. The molecule has 0 aliphatic rings. The first kappa shape index (κ1) is 13.5. The maximum atomic E-state index is 8.78. The molecule has 0 saturated heterocycles. The summed E-state index contributed by atoms with van der Waals surface area (Å²) in [5, 5.41) is 12.2. The molecule has 0 atom stereocenters. The Balaban J connectivity index is 2.63. The molecule has 1 aromatic rings. The van der Waals surface area contributed by atoms with Gasteiger partial charge in [-0.05, 0) is 29.9 Å². The molecule has 0 saturated carbocycles. The molecule has 0 fully saturated rings. The van der Waals surface area contributed by atoms with Gasteiger partial charge in [0.05, 0.1) is 0 Å². The topological polar surface area (TPSA) is 48.7 Å². The first-order valence-corrected chi connectivity index (χ1v) is 6.14. The Morgan fingerprint density at radius 2 is 1.94 bits per heavy atom. The number of aromatic nitrogens is 1. The Hall–Kier alpha value is -1.56. The molecule has 0 bridgehead atoms. The number of rotatable bonds is 5. The predicted octanol–water partition coefficient (Wildman–Crippen LogP) is 3.29. The Bertz CT molecular complexity index is 383. The average molecular weight is 231 g/mol. The zero-order chi connectivity index (χ0) is 12.8. The van der Waals surface area contributed by atoms with E-state index in [0.717, 1.165) is 12.2 Å². The van der Waals surface area contributed by atoms with E-state index in [9.17, 15) is 0 Å². The molecule has 1 rings (SSSR count). The Labute approximate surface area is 104 Å². The molecular formula is C14H21N3. The van der Waals surface area contributed by atoms with Gasteiger partial charge in [0.15, 0.2) is 0 Å². The highest BCUT2D eigenvalue weighted by molar-refractivity contribution is 5.45. The Kier molecular flexibility index (Phi) is 4.96. The third-order valence-corrected chi connectivity index (χ3v) is 3.13. The lowest BCUT2D eigenvalue weighted by atomic mass is 9.85. The third kappa shape index (κ3) is 4.07. The van der Waals surface area contributed by atoms with Crippen LogP contribution in [-0.4, -0.2) is 11.5 Å². The van der Waals surface area contributed by atoms with Crippen LogP contribution in [0.3, 0.4) is 0 Å². The van der Waals surface area contributed by atoms with Gasteiger partial charge in [0, 0.05) is 18.4 Å². The molecule has 0 radical (unpaired) electrons. The fraction of sp³-hybridized carbons (Fsp3) is 0.571. The van der Waals surface area contributed by atoms with Crippen molar-refractivity contribution in [2.75, 3.05) is 11.9 Å². The summed E-state index contributed by atoms with van der Waals surface area (Å²) in [6, 6.07) is 5.74. The van der Waals surface area contributed by atoms with Crippen LogP contribution in [0.5, 0.6) is 0 Å². The molecule has 3 nitrogen and oxygen atoms in total. The van der Waals surface area contributed by atoms with Crippen molar-refractivity contribution in [1.82, 2.24) is 4.98 Å². The van der Waals surface area contributed by atoms with Crippen LogP contribution in [0, 0.1) is 29.1 Å². The first-order chi connectivity index (χ1) is 8.04. The molecule has 92 valence electrons. The first-order valence-electron chi connectivity index (χ1n) is 6.14. The maximum absolute atomic E-state index is 8.78. The normalized spacial score (nSPS) is 10.9. The summed E-state index contributed by atoms with van der Waals surface area (Å²) in [5.41, 5.74) is 1.43. The molecule has 0 spiro atoms. The SMILES string of the molecule is CC(C)C(CNc1ccnc(C#N)c1)C(C)C. The van der Waals surface area contributed by atoms with Crippen molar-refractivity contribution in [3.05, 3.63) is 24.0 Å². The molecule has 0 amide bonds. The van der Waals surface area contributed by atoms with Gasteiger partial charge in [0.1, 0.15) is 11.8 Å². The second-order valence-electron chi connectivity index (χ2n) is 5.07. The number of nitrogens with zero attached hydrogens (tertiary/aromatic N) is 2. The predicted molar refractivity (Wildman–Crippen MR) is 70.6 cm³/mol. The molecule has 0 aliphatic carbocycles. The second kappa shape index (κ2) is 6.24. The lowest BCUT2D eigenvalue weighted by Crippen LogP contribution is -2.24. The summed E-state index contributed by atoms with van der Waals surface area (Å²) in [7, 11) is 0. The van der Waals surface area contributed by atoms with Crippen LogP contribution < -0.4 is 5.32 Å². The van der Waals surface area contributed by atoms with E-state index >= 15 is 0 Å². The van der Waals surface area contributed by atoms with Crippen LogP contribution in [0.15, 0.2) is 18.3 Å². The molecule has 17 heavy (non-hydrogen) atoms. The highest BCUT2D eigenvalue weighted by Gasteiger charge is 2.16. The van der Waals surface area contributed by atoms with Crippen molar-refractivity contribution in [1.29, 1.82) is 5.26 Å². The van der Waals surface area contributed by atoms with Crippen LogP contribution in [0.1, 0.15) is 33.4 Å². The number of nitrogens with one attached hydrogen (secondary N) is 1. The fourth-order valence-corrected chi connectivity index (χ4v) is 2.08. The van der Waals surface area contributed by atoms with Crippen LogP contribution in [0.4, 0.5) is 5.69 Å². The summed E-state index contributed by atoms with van der Waals surface area (Å²) in [6.07, 6.45) is 1.67. The minimum atomic E-state index is 0.459. The zero-order valence-corrected chi connectivity index (χ0v) is 11.1.